The summed E-state index contributed by atoms with van der Waals surface area (Å²) < 4.78 is 6.26. The zero-order chi connectivity index (χ0) is 36.4. The summed E-state index contributed by atoms with van der Waals surface area (Å²) in [7, 11) is 0. The first-order valence-electron chi connectivity index (χ1n) is 15.6. The summed E-state index contributed by atoms with van der Waals surface area (Å²) in [6.45, 7) is 3.61. The fourth-order valence-electron chi connectivity index (χ4n) is 6.20. The molecule has 1 aliphatic heterocycles. The van der Waals surface area contributed by atoms with Crippen LogP contribution in [0.1, 0.15) is 5.56 Å². The van der Waals surface area contributed by atoms with E-state index in [9.17, 15) is 40.9 Å². The summed E-state index contributed by atoms with van der Waals surface area (Å²) in [5.41, 5.74) is 1.07. The van der Waals surface area contributed by atoms with Crippen molar-refractivity contribution in [2.24, 2.45) is 0 Å². The van der Waals surface area contributed by atoms with Crippen LogP contribution in [-0.4, -0.2) is 55.8 Å². The Bertz CT molecular complexity index is 2630. The molecule has 8 rings (SSSR count). The van der Waals surface area contributed by atoms with Crippen molar-refractivity contribution in [2.75, 3.05) is 4.90 Å². The molecule has 0 radical (unpaired) electrons. The van der Waals surface area contributed by atoms with Crippen molar-refractivity contribution in [1.29, 1.82) is 0 Å². The Kier molecular flexibility index (Phi) is 7.13. The van der Waals surface area contributed by atoms with E-state index in [0.717, 1.165) is 16.0 Å². The third kappa shape index (κ3) is 4.75. The maximum atomic E-state index is 11.3. The van der Waals surface area contributed by atoms with E-state index in [4.69, 9.17) is 19.4 Å². The van der Waals surface area contributed by atoms with Crippen molar-refractivity contribution in [3.63, 3.8) is 0 Å². The molecule has 2 aromatic heterocycles. The Morgan fingerprint density at radius 3 is 1.77 bits per heavy atom. The van der Waals surface area contributed by atoms with Crippen LogP contribution in [0.3, 0.4) is 0 Å². The van der Waals surface area contributed by atoms with Gasteiger partial charge in [0.25, 0.3) is 0 Å². The van der Waals surface area contributed by atoms with Crippen LogP contribution in [0.4, 0.5) is 11.4 Å². The highest BCUT2D eigenvalue weighted by molar-refractivity contribution is 6.12. The number of fused-ring (bicyclic) bond motifs is 4. The first-order valence-corrected chi connectivity index (χ1v) is 15.6. The van der Waals surface area contributed by atoms with Gasteiger partial charge in [0.15, 0.2) is 34.7 Å². The van der Waals surface area contributed by atoms with E-state index in [-0.39, 0.29) is 11.3 Å². The molecule has 1 aliphatic rings. The summed E-state index contributed by atoms with van der Waals surface area (Å²) in [5.74, 6) is -7.86. The van der Waals surface area contributed by atoms with E-state index >= 15 is 0 Å². The number of nitrogens with zero attached hydrogens (tertiary/aromatic N) is 4. The smallest absolute Gasteiger partial charge is 0.243 e. The molecule has 0 amide bonds. The SMILES string of the molecule is C=C1/C(O)=C(O)\C(O)=C(\O)N(c2ccc3c(c2)oc2cccc(-c4nc(-c5ccccc5)nc(-c5ccccc5)n4)c23)c2c(O)c(O)c(O)c(O)c21. The number of rotatable bonds is 4. The van der Waals surface area contributed by atoms with Gasteiger partial charge in [0, 0.05) is 39.1 Å². The molecule has 0 spiro atoms. The van der Waals surface area contributed by atoms with Gasteiger partial charge in [0.2, 0.25) is 28.9 Å². The summed E-state index contributed by atoms with van der Waals surface area (Å²) in [6.07, 6.45) is 0. The maximum Gasteiger partial charge on any atom is 0.243 e. The van der Waals surface area contributed by atoms with Gasteiger partial charge in [-0.3, -0.25) is 4.90 Å². The summed E-state index contributed by atoms with van der Waals surface area (Å²) in [6, 6.07) is 28.8. The second-order valence-corrected chi connectivity index (χ2v) is 11.8. The number of aliphatic hydroxyl groups excluding tert-OH is 4. The number of phenols is 4. The Morgan fingerprint density at radius 1 is 0.538 bits per heavy atom. The molecule has 0 unspecified atom stereocenters. The molecular formula is C39H26N4O9. The minimum atomic E-state index is -1.24. The quantitative estimate of drug-likeness (QED) is 0.0642. The number of allylic oxidation sites excluding steroid dienone is 1. The standard InChI is InChI=1S/C39H26N4O9/c1-18-26-28(31(46)34(49)33(48)30(26)45)43(39(51)35(50)32(47)29(18)44)21-15-16-22-25(17-21)52-24-14-8-13-23(27(22)24)38-41-36(19-9-4-2-5-10-19)40-37(42-38)20-11-6-3-7-12-20/h2-17,44-51H,1H2/b32-29-,39-35-. The monoisotopic (exact) mass is 694 g/mol. The van der Waals surface area contributed by atoms with E-state index in [1.54, 1.807) is 18.2 Å². The fourth-order valence-corrected chi connectivity index (χ4v) is 6.20. The van der Waals surface area contributed by atoms with Gasteiger partial charge >= 0.3 is 0 Å². The zero-order valence-corrected chi connectivity index (χ0v) is 26.7. The Balaban J connectivity index is 1.36. The number of anilines is 2. The molecular weight excluding hydrogens is 668 g/mol. The Morgan fingerprint density at radius 2 is 1.13 bits per heavy atom. The van der Waals surface area contributed by atoms with E-state index in [1.165, 1.54) is 12.1 Å². The summed E-state index contributed by atoms with van der Waals surface area (Å²) >= 11 is 0. The highest BCUT2D eigenvalue weighted by Crippen LogP contribution is 2.57. The summed E-state index contributed by atoms with van der Waals surface area (Å²) in [5, 5.41) is 87.0. The van der Waals surface area contributed by atoms with Crippen LogP contribution in [0.5, 0.6) is 23.0 Å². The number of hydrogen-bond acceptors (Lipinski definition) is 13. The Labute approximate surface area is 293 Å². The minimum absolute atomic E-state index is 0.0296. The van der Waals surface area contributed by atoms with Gasteiger partial charge in [0.05, 0.1) is 11.3 Å². The van der Waals surface area contributed by atoms with Gasteiger partial charge in [-0.15, -0.1) is 0 Å². The van der Waals surface area contributed by atoms with Crippen molar-refractivity contribution in [2.45, 2.75) is 0 Å². The average Bonchev–Trinajstić information content (AvgIpc) is 3.56. The zero-order valence-electron chi connectivity index (χ0n) is 26.7. The van der Waals surface area contributed by atoms with E-state index < -0.39 is 63.0 Å². The van der Waals surface area contributed by atoms with Crippen molar-refractivity contribution in [1.82, 2.24) is 15.0 Å². The molecule has 13 nitrogen and oxygen atoms in total. The third-order valence-corrected chi connectivity index (χ3v) is 8.73. The number of aliphatic hydroxyl groups is 4. The number of aromatic hydroxyl groups is 4. The number of hydrogen-bond donors (Lipinski definition) is 8. The molecule has 0 bridgehead atoms. The van der Waals surface area contributed by atoms with Gasteiger partial charge in [-0.25, -0.2) is 15.0 Å². The molecule has 0 fully saturated rings. The lowest BCUT2D eigenvalue weighted by atomic mass is 9.96. The van der Waals surface area contributed by atoms with Crippen LogP contribution in [0.2, 0.25) is 0 Å². The van der Waals surface area contributed by atoms with Gasteiger partial charge in [0.1, 0.15) is 16.9 Å². The van der Waals surface area contributed by atoms with Gasteiger partial charge < -0.3 is 45.3 Å². The van der Waals surface area contributed by atoms with Gasteiger partial charge in [-0.2, -0.15) is 0 Å². The van der Waals surface area contributed by atoms with Crippen molar-refractivity contribution in [3.05, 3.63) is 132 Å². The first kappa shape index (κ1) is 31.6. The molecule has 5 aromatic carbocycles. The predicted octanol–water partition coefficient (Wildman–Crippen LogP) is 8.37. The van der Waals surface area contributed by atoms with Gasteiger partial charge in [-0.05, 0) is 18.2 Å². The van der Waals surface area contributed by atoms with Crippen molar-refractivity contribution in [3.8, 4) is 57.2 Å². The maximum absolute atomic E-state index is 11.3. The molecule has 3 heterocycles. The van der Waals surface area contributed by atoms with Crippen LogP contribution < -0.4 is 4.90 Å². The first-order chi connectivity index (χ1) is 25.0. The normalized spacial score (nSPS) is 16.2. The second kappa shape index (κ2) is 11.7. The third-order valence-electron chi connectivity index (χ3n) is 8.73. The highest BCUT2D eigenvalue weighted by atomic mass is 16.4. The number of aromatic nitrogens is 3. The molecule has 0 saturated heterocycles. The lowest BCUT2D eigenvalue weighted by Gasteiger charge is -2.30. The van der Waals surface area contributed by atoms with E-state index in [2.05, 4.69) is 6.58 Å². The van der Waals surface area contributed by atoms with Crippen molar-refractivity contribution < 1.29 is 45.3 Å². The van der Waals surface area contributed by atoms with Crippen LogP contribution in [-0.2, 0) is 0 Å². The number of furan rings is 1. The average molecular weight is 695 g/mol. The van der Waals surface area contributed by atoms with E-state index in [1.807, 2.05) is 66.7 Å². The molecule has 0 aliphatic carbocycles. The molecule has 13 heteroatoms. The number of benzene rings is 5. The second-order valence-electron chi connectivity index (χ2n) is 11.8. The molecule has 7 aromatic rings. The van der Waals surface area contributed by atoms with Crippen LogP contribution in [0.15, 0.2) is 131 Å². The Hall–Kier alpha value is -7.67. The largest absolute Gasteiger partial charge is 0.504 e. The topological polar surface area (TPSA) is 217 Å². The number of phenolic OH excluding ortho intramolecular Hbond substituents is 4. The molecule has 8 N–H and O–H groups in total. The molecule has 0 saturated carbocycles. The van der Waals surface area contributed by atoms with Crippen LogP contribution >= 0.6 is 0 Å². The minimum Gasteiger partial charge on any atom is -0.504 e. The van der Waals surface area contributed by atoms with Gasteiger partial charge in [-0.1, -0.05) is 79.4 Å². The lowest BCUT2D eigenvalue weighted by Crippen LogP contribution is -2.22. The molecule has 256 valence electrons. The van der Waals surface area contributed by atoms with Crippen LogP contribution in [0.25, 0.3) is 61.7 Å². The van der Waals surface area contributed by atoms with Crippen molar-refractivity contribution >= 4 is 38.9 Å². The van der Waals surface area contributed by atoms with E-state index in [0.29, 0.717) is 39.4 Å². The summed E-state index contributed by atoms with van der Waals surface area (Å²) in [4.78, 5) is 15.2. The molecule has 52 heavy (non-hydrogen) atoms. The fraction of sp³-hybridized carbons (Fsp3) is 0. The highest BCUT2D eigenvalue weighted by Gasteiger charge is 2.37. The lowest BCUT2D eigenvalue weighted by molar-refractivity contribution is 0.260. The predicted molar refractivity (Wildman–Crippen MR) is 192 cm³/mol. The molecule has 0 atom stereocenters. The van der Waals surface area contributed by atoms with Crippen LogP contribution in [0, 0.1) is 0 Å².